The average Bonchev–Trinajstić information content (AvgIpc) is 3.47. The number of thiophene rings is 1. The molecule has 1 aliphatic heterocycles. The van der Waals surface area contributed by atoms with E-state index in [-0.39, 0.29) is 0 Å². The van der Waals surface area contributed by atoms with Gasteiger partial charge < -0.3 is 0 Å². The minimum absolute atomic E-state index is 0.676. The second-order valence-electron chi connectivity index (χ2n) is 11.4. The average molecular weight is 578 g/mol. The van der Waals surface area contributed by atoms with Gasteiger partial charge in [-0.15, -0.1) is 11.3 Å². The van der Waals surface area contributed by atoms with E-state index in [4.69, 9.17) is 9.97 Å². The van der Waals surface area contributed by atoms with Crippen molar-refractivity contribution in [3.63, 3.8) is 0 Å². The fraction of sp³-hybridized carbons (Fsp3) is 0. The molecule has 2 aromatic heterocycles. The van der Waals surface area contributed by atoms with Crippen LogP contribution in [-0.2, 0) is 0 Å². The SMILES string of the molecule is c1ccc(-c2nc(N3c4ccccc4-c4cccc5c4c3cc3sc4ccccc4c35)nc3ccc4ccccc4c23)cc1. The lowest BCUT2D eigenvalue weighted by Gasteiger charge is -2.32. The normalized spacial score (nSPS) is 12.5. The Labute approximate surface area is 257 Å². The predicted octanol–water partition coefficient (Wildman–Crippen LogP) is 11.4. The fourth-order valence-electron chi connectivity index (χ4n) is 7.11. The molecule has 0 aliphatic carbocycles. The molecular formula is C40H23N3S. The zero-order valence-corrected chi connectivity index (χ0v) is 24.3. The Morgan fingerprint density at radius 1 is 0.477 bits per heavy atom. The lowest BCUT2D eigenvalue weighted by molar-refractivity contribution is 1.12. The smallest absolute Gasteiger partial charge is 0.235 e. The van der Waals surface area contributed by atoms with E-state index in [0.717, 1.165) is 38.9 Å². The summed E-state index contributed by atoms with van der Waals surface area (Å²) in [5.74, 6) is 0.676. The summed E-state index contributed by atoms with van der Waals surface area (Å²) >= 11 is 1.85. The van der Waals surface area contributed by atoms with Gasteiger partial charge in [0.2, 0.25) is 5.95 Å². The summed E-state index contributed by atoms with van der Waals surface area (Å²) < 4.78 is 2.57. The van der Waals surface area contributed by atoms with E-state index in [2.05, 4.69) is 144 Å². The van der Waals surface area contributed by atoms with E-state index in [1.807, 2.05) is 11.3 Å². The first-order valence-electron chi connectivity index (χ1n) is 14.8. The first-order valence-corrected chi connectivity index (χ1v) is 15.7. The van der Waals surface area contributed by atoms with E-state index in [1.165, 1.54) is 47.5 Å². The van der Waals surface area contributed by atoms with E-state index >= 15 is 0 Å². The molecule has 204 valence electrons. The number of anilines is 3. The molecular weight excluding hydrogens is 555 g/mol. The molecule has 0 unspecified atom stereocenters. The van der Waals surface area contributed by atoms with Gasteiger partial charge in [0.15, 0.2) is 0 Å². The van der Waals surface area contributed by atoms with Crippen molar-refractivity contribution in [2.45, 2.75) is 0 Å². The Bertz CT molecular complexity index is 2620. The highest BCUT2D eigenvalue weighted by molar-refractivity contribution is 7.26. The maximum absolute atomic E-state index is 5.44. The van der Waals surface area contributed by atoms with Crippen LogP contribution < -0.4 is 4.90 Å². The van der Waals surface area contributed by atoms with Crippen LogP contribution in [0.2, 0.25) is 0 Å². The topological polar surface area (TPSA) is 29.0 Å². The van der Waals surface area contributed by atoms with Crippen molar-refractivity contribution >= 4 is 81.3 Å². The predicted molar refractivity (Wildman–Crippen MR) is 187 cm³/mol. The number of benzene rings is 7. The highest BCUT2D eigenvalue weighted by Crippen LogP contribution is 2.54. The van der Waals surface area contributed by atoms with Crippen LogP contribution in [0.4, 0.5) is 17.3 Å². The highest BCUT2D eigenvalue weighted by Gasteiger charge is 2.30. The van der Waals surface area contributed by atoms with Gasteiger partial charge in [0.1, 0.15) is 0 Å². The van der Waals surface area contributed by atoms with Gasteiger partial charge in [0.25, 0.3) is 0 Å². The molecule has 0 atom stereocenters. The molecule has 1 aliphatic rings. The fourth-order valence-corrected chi connectivity index (χ4v) is 8.27. The van der Waals surface area contributed by atoms with E-state index in [9.17, 15) is 0 Å². The van der Waals surface area contributed by atoms with Gasteiger partial charge in [0.05, 0.1) is 22.6 Å². The van der Waals surface area contributed by atoms with Crippen LogP contribution in [0.1, 0.15) is 0 Å². The number of rotatable bonds is 2. The van der Waals surface area contributed by atoms with Crippen LogP contribution in [0.5, 0.6) is 0 Å². The molecule has 3 heterocycles. The third kappa shape index (κ3) is 3.26. The number of hydrogen-bond acceptors (Lipinski definition) is 4. The summed E-state index contributed by atoms with van der Waals surface area (Å²) in [6.45, 7) is 0. The quantitative estimate of drug-likeness (QED) is 0.191. The molecule has 0 fully saturated rings. The first kappa shape index (κ1) is 23.9. The van der Waals surface area contributed by atoms with Crippen LogP contribution in [0.3, 0.4) is 0 Å². The van der Waals surface area contributed by atoms with Crippen LogP contribution in [-0.4, -0.2) is 9.97 Å². The Hall–Kier alpha value is -5.58. The Morgan fingerprint density at radius 2 is 1.23 bits per heavy atom. The Morgan fingerprint density at radius 3 is 2.16 bits per heavy atom. The number of aromatic nitrogens is 2. The van der Waals surface area contributed by atoms with Gasteiger partial charge in [-0.05, 0) is 46.0 Å². The molecule has 0 spiro atoms. The van der Waals surface area contributed by atoms with Gasteiger partial charge in [0, 0.05) is 42.1 Å². The monoisotopic (exact) mass is 577 g/mol. The summed E-state index contributed by atoms with van der Waals surface area (Å²) in [6.07, 6.45) is 0. The molecule has 9 aromatic rings. The van der Waals surface area contributed by atoms with Crippen molar-refractivity contribution in [3.8, 4) is 22.4 Å². The zero-order chi connectivity index (χ0) is 28.8. The van der Waals surface area contributed by atoms with Crippen LogP contribution >= 0.6 is 11.3 Å². The molecule has 3 nitrogen and oxygen atoms in total. The molecule has 0 saturated carbocycles. The minimum Gasteiger partial charge on any atom is -0.278 e. The van der Waals surface area contributed by atoms with Crippen molar-refractivity contribution in [3.05, 3.63) is 140 Å². The third-order valence-electron chi connectivity index (χ3n) is 8.98. The van der Waals surface area contributed by atoms with Gasteiger partial charge in [-0.1, -0.05) is 115 Å². The second kappa shape index (κ2) is 8.96. The van der Waals surface area contributed by atoms with Gasteiger partial charge in [-0.25, -0.2) is 9.97 Å². The second-order valence-corrected chi connectivity index (χ2v) is 12.5. The summed E-state index contributed by atoms with van der Waals surface area (Å²) in [6, 6.07) is 49.9. The maximum Gasteiger partial charge on any atom is 0.235 e. The summed E-state index contributed by atoms with van der Waals surface area (Å²) in [5, 5.41) is 8.56. The van der Waals surface area contributed by atoms with Crippen LogP contribution in [0, 0.1) is 0 Å². The Kier molecular flexibility index (Phi) is 4.87. The molecule has 0 saturated heterocycles. The molecule has 7 aromatic carbocycles. The van der Waals surface area contributed by atoms with Crippen LogP contribution in [0.15, 0.2) is 140 Å². The van der Waals surface area contributed by atoms with Crippen molar-refractivity contribution < 1.29 is 0 Å². The number of fused-ring (bicyclic) bond motifs is 9. The Balaban J connectivity index is 1.35. The summed E-state index contributed by atoms with van der Waals surface area (Å²) in [7, 11) is 0. The summed E-state index contributed by atoms with van der Waals surface area (Å²) in [4.78, 5) is 13.1. The standard InChI is InChI=1S/C40H23N3S/c1-2-12-25(13-3-1)39-38-26-14-5-4-11-24(26)21-22-31(38)41-40(42-39)43-32-19-8-6-15-27(32)28-17-10-18-30-36(28)33(43)23-35-37(30)29-16-7-9-20-34(29)44-35/h1-23H. The van der Waals surface area contributed by atoms with E-state index in [1.54, 1.807) is 0 Å². The van der Waals surface area contributed by atoms with Crippen LogP contribution in [0.25, 0.3) is 75.0 Å². The van der Waals surface area contributed by atoms with E-state index < -0.39 is 0 Å². The summed E-state index contributed by atoms with van der Waals surface area (Å²) in [5.41, 5.74) is 7.60. The molecule has 0 N–H and O–H groups in total. The van der Waals surface area contributed by atoms with Crippen molar-refractivity contribution in [2.75, 3.05) is 4.90 Å². The van der Waals surface area contributed by atoms with Crippen molar-refractivity contribution in [1.29, 1.82) is 0 Å². The van der Waals surface area contributed by atoms with Gasteiger partial charge in [-0.3, -0.25) is 4.90 Å². The van der Waals surface area contributed by atoms with Gasteiger partial charge >= 0.3 is 0 Å². The number of hydrogen-bond donors (Lipinski definition) is 0. The lowest BCUT2D eigenvalue weighted by atomic mass is 9.89. The van der Waals surface area contributed by atoms with Crippen molar-refractivity contribution in [2.24, 2.45) is 0 Å². The number of nitrogens with zero attached hydrogens (tertiary/aromatic N) is 3. The van der Waals surface area contributed by atoms with Gasteiger partial charge in [-0.2, -0.15) is 0 Å². The molecule has 0 radical (unpaired) electrons. The first-order chi connectivity index (χ1) is 21.8. The largest absolute Gasteiger partial charge is 0.278 e. The molecule has 0 amide bonds. The lowest BCUT2D eigenvalue weighted by Crippen LogP contribution is -2.18. The third-order valence-corrected chi connectivity index (χ3v) is 10.1. The van der Waals surface area contributed by atoms with Crippen molar-refractivity contribution in [1.82, 2.24) is 9.97 Å². The molecule has 4 heteroatoms. The zero-order valence-electron chi connectivity index (χ0n) is 23.5. The molecule has 44 heavy (non-hydrogen) atoms. The number of para-hydroxylation sites is 1. The molecule has 10 rings (SSSR count). The minimum atomic E-state index is 0.676. The molecule has 0 bridgehead atoms. The van der Waals surface area contributed by atoms with E-state index in [0.29, 0.717) is 5.95 Å². The highest BCUT2D eigenvalue weighted by atomic mass is 32.1. The maximum atomic E-state index is 5.44.